The topological polar surface area (TPSA) is 73.3 Å². The molecule has 0 unspecified atom stereocenters. The molecule has 1 aromatic carbocycles. The lowest BCUT2D eigenvalue weighted by Gasteiger charge is -2.09. The molecule has 4 heteroatoms. The SMILES string of the molecule is O=c1c2cc3ccccc3[nH]c-2cc(O)c1O. The average molecular weight is 227 g/mol. The van der Waals surface area contributed by atoms with Crippen LogP contribution in [0.15, 0.2) is 41.2 Å². The van der Waals surface area contributed by atoms with Gasteiger partial charge in [-0.05, 0) is 17.5 Å². The Bertz CT molecular complexity index is 745. The van der Waals surface area contributed by atoms with E-state index in [0.717, 1.165) is 10.9 Å². The average Bonchev–Trinajstić information content (AvgIpc) is 2.34. The molecule has 1 heterocycles. The molecule has 0 aromatic heterocycles. The number of hydrogen-bond acceptors (Lipinski definition) is 3. The third-order valence-corrected chi connectivity index (χ3v) is 2.80. The summed E-state index contributed by atoms with van der Waals surface area (Å²) in [6, 6.07) is 10.5. The number of phenolic OH excluding ortho intramolecular Hbond substituents is 2. The highest BCUT2D eigenvalue weighted by Crippen LogP contribution is 2.30. The number of hydrogen-bond donors (Lipinski definition) is 3. The highest BCUT2D eigenvalue weighted by atomic mass is 16.3. The number of para-hydroxylation sites is 1. The van der Waals surface area contributed by atoms with Gasteiger partial charge < -0.3 is 15.2 Å². The molecule has 0 amide bonds. The third kappa shape index (κ3) is 1.34. The van der Waals surface area contributed by atoms with Crippen LogP contribution >= 0.6 is 0 Å². The molecular weight excluding hydrogens is 218 g/mol. The van der Waals surface area contributed by atoms with Gasteiger partial charge in [0, 0.05) is 11.6 Å². The number of benzene rings is 2. The largest absolute Gasteiger partial charge is 0.504 e. The first-order chi connectivity index (χ1) is 8.16. The van der Waals surface area contributed by atoms with Crippen molar-refractivity contribution in [2.45, 2.75) is 0 Å². The van der Waals surface area contributed by atoms with Gasteiger partial charge in [-0.3, -0.25) is 4.79 Å². The van der Waals surface area contributed by atoms with Crippen LogP contribution in [0.3, 0.4) is 0 Å². The van der Waals surface area contributed by atoms with Gasteiger partial charge in [0.25, 0.3) is 0 Å². The number of fused-ring (bicyclic) bond motifs is 2. The number of H-pyrrole nitrogens is 1. The summed E-state index contributed by atoms with van der Waals surface area (Å²) in [5, 5.41) is 19.7. The lowest BCUT2D eigenvalue weighted by atomic mass is 10.0. The molecule has 0 bridgehead atoms. The van der Waals surface area contributed by atoms with E-state index in [2.05, 4.69) is 4.98 Å². The maximum atomic E-state index is 11.8. The smallest absolute Gasteiger partial charge is 0.233 e. The summed E-state index contributed by atoms with van der Waals surface area (Å²) < 4.78 is 0. The number of phenols is 2. The summed E-state index contributed by atoms with van der Waals surface area (Å²) >= 11 is 0. The maximum Gasteiger partial charge on any atom is 0.233 e. The second-order valence-corrected chi connectivity index (χ2v) is 3.89. The zero-order valence-electron chi connectivity index (χ0n) is 8.77. The van der Waals surface area contributed by atoms with E-state index in [9.17, 15) is 15.0 Å². The zero-order valence-corrected chi connectivity index (χ0v) is 8.77. The van der Waals surface area contributed by atoms with Crippen LogP contribution in [-0.4, -0.2) is 15.2 Å². The summed E-state index contributed by atoms with van der Waals surface area (Å²) in [7, 11) is 0. The van der Waals surface area contributed by atoms with Crippen LogP contribution in [0.5, 0.6) is 11.5 Å². The Morgan fingerprint density at radius 2 is 1.82 bits per heavy atom. The minimum atomic E-state index is -0.610. The van der Waals surface area contributed by atoms with E-state index in [1.54, 1.807) is 6.07 Å². The maximum absolute atomic E-state index is 11.8. The van der Waals surface area contributed by atoms with Crippen LogP contribution in [-0.2, 0) is 0 Å². The van der Waals surface area contributed by atoms with Gasteiger partial charge in [0.05, 0.1) is 11.3 Å². The highest BCUT2D eigenvalue weighted by Gasteiger charge is 2.15. The number of pyridine rings is 1. The second-order valence-electron chi connectivity index (χ2n) is 3.89. The van der Waals surface area contributed by atoms with Crippen LogP contribution in [0.4, 0.5) is 0 Å². The van der Waals surface area contributed by atoms with Crippen molar-refractivity contribution in [2.24, 2.45) is 0 Å². The van der Waals surface area contributed by atoms with Crippen molar-refractivity contribution in [3.05, 3.63) is 46.6 Å². The quantitative estimate of drug-likeness (QED) is 0.406. The molecule has 0 saturated heterocycles. The van der Waals surface area contributed by atoms with Crippen LogP contribution in [0.2, 0.25) is 0 Å². The van der Waals surface area contributed by atoms with Crippen molar-refractivity contribution in [2.75, 3.05) is 0 Å². The fourth-order valence-electron chi connectivity index (χ4n) is 1.93. The first-order valence-electron chi connectivity index (χ1n) is 5.13. The number of aromatic amines is 1. The standard InChI is InChI=1S/C13H9NO3/c15-11-6-10-8(12(16)13(11)17)5-7-3-1-2-4-9(7)14-10/h1-6,14-15,17H. The van der Waals surface area contributed by atoms with Crippen LogP contribution < -0.4 is 5.43 Å². The van der Waals surface area contributed by atoms with E-state index in [0.29, 0.717) is 11.3 Å². The van der Waals surface area contributed by atoms with Crippen molar-refractivity contribution in [3.63, 3.8) is 0 Å². The van der Waals surface area contributed by atoms with Gasteiger partial charge in [0.2, 0.25) is 11.2 Å². The molecule has 0 atom stereocenters. The Hall–Kier alpha value is -2.49. The summed E-state index contributed by atoms with van der Waals surface area (Å²) in [5.74, 6) is -1.02. The fourth-order valence-corrected chi connectivity index (χ4v) is 1.93. The van der Waals surface area contributed by atoms with Crippen molar-refractivity contribution >= 4 is 10.9 Å². The lowest BCUT2D eigenvalue weighted by Crippen LogP contribution is -2.06. The monoisotopic (exact) mass is 227 g/mol. The second kappa shape index (κ2) is 3.25. The predicted molar refractivity (Wildman–Crippen MR) is 64.5 cm³/mol. The molecule has 1 aromatic rings. The van der Waals surface area contributed by atoms with E-state index >= 15 is 0 Å². The van der Waals surface area contributed by atoms with E-state index in [-0.39, 0.29) is 0 Å². The molecule has 4 nitrogen and oxygen atoms in total. The molecule has 0 radical (unpaired) electrons. The molecule has 0 saturated carbocycles. The molecule has 84 valence electrons. The fraction of sp³-hybridized carbons (Fsp3) is 0. The summed E-state index contributed by atoms with van der Waals surface area (Å²) in [6.45, 7) is 0. The van der Waals surface area contributed by atoms with Gasteiger partial charge in [-0.2, -0.15) is 0 Å². The summed E-state index contributed by atoms with van der Waals surface area (Å²) in [6.07, 6.45) is 0. The predicted octanol–water partition coefficient (Wildman–Crippen LogP) is 2.04. The Labute approximate surface area is 96.1 Å². The molecule has 1 aliphatic heterocycles. The van der Waals surface area contributed by atoms with Crippen molar-refractivity contribution in [1.82, 2.24) is 4.98 Å². The molecule has 0 spiro atoms. The van der Waals surface area contributed by atoms with E-state index in [1.807, 2.05) is 24.3 Å². The highest BCUT2D eigenvalue weighted by molar-refractivity contribution is 5.86. The van der Waals surface area contributed by atoms with E-state index < -0.39 is 16.9 Å². The zero-order chi connectivity index (χ0) is 12.0. The Balaban J connectivity index is 2.53. The van der Waals surface area contributed by atoms with Gasteiger partial charge in [-0.1, -0.05) is 18.2 Å². The van der Waals surface area contributed by atoms with Gasteiger partial charge in [0.15, 0.2) is 5.75 Å². The van der Waals surface area contributed by atoms with Gasteiger partial charge in [-0.15, -0.1) is 0 Å². The van der Waals surface area contributed by atoms with Crippen molar-refractivity contribution in [1.29, 1.82) is 0 Å². The first kappa shape index (κ1) is 9.72. The van der Waals surface area contributed by atoms with Gasteiger partial charge in [0.1, 0.15) is 0 Å². The van der Waals surface area contributed by atoms with E-state index in [1.165, 1.54) is 6.07 Å². The molecule has 2 aliphatic rings. The first-order valence-corrected chi connectivity index (χ1v) is 5.13. The van der Waals surface area contributed by atoms with E-state index in [4.69, 9.17) is 0 Å². The Morgan fingerprint density at radius 1 is 1.06 bits per heavy atom. The Kier molecular flexibility index (Phi) is 1.86. The lowest BCUT2D eigenvalue weighted by molar-refractivity contribution is 0.400. The molecule has 17 heavy (non-hydrogen) atoms. The minimum Gasteiger partial charge on any atom is -0.504 e. The summed E-state index contributed by atoms with van der Waals surface area (Å²) in [4.78, 5) is 14.8. The van der Waals surface area contributed by atoms with Gasteiger partial charge in [-0.25, -0.2) is 0 Å². The molecule has 3 rings (SSSR count). The third-order valence-electron chi connectivity index (χ3n) is 2.80. The molecule has 1 aliphatic carbocycles. The Morgan fingerprint density at radius 3 is 2.65 bits per heavy atom. The van der Waals surface area contributed by atoms with Gasteiger partial charge >= 0.3 is 0 Å². The summed E-state index contributed by atoms with van der Waals surface area (Å²) in [5.41, 5.74) is 1.16. The minimum absolute atomic E-state index is 0.360. The molecule has 0 fully saturated rings. The van der Waals surface area contributed by atoms with Crippen LogP contribution in [0.25, 0.3) is 22.2 Å². The number of nitrogens with one attached hydrogen (secondary N) is 1. The van der Waals surface area contributed by atoms with Crippen LogP contribution in [0, 0.1) is 0 Å². The van der Waals surface area contributed by atoms with Crippen molar-refractivity contribution < 1.29 is 10.2 Å². The van der Waals surface area contributed by atoms with Crippen molar-refractivity contribution in [3.8, 4) is 22.8 Å². The van der Waals surface area contributed by atoms with Crippen LogP contribution in [0.1, 0.15) is 0 Å². The molecule has 3 N–H and O–H groups in total. The number of aromatic nitrogens is 1. The molecular formula is C13H9NO3. The number of aromatic hydroxyl groups is 2. The normalized spacial score (nSPS) is 11.1. The number of rotatable bonds is 0.